The summed E-state index contributed by atoms with van der Waals surface area (Å²) in [7, 11) is 1.62. The van der Waals surface area contributed by atoms with Gasteiger partial charge in [0.2, 0.25) is 0 Å². The number of rotatable bonds is 6. The van der Waals surface area contributed by atoms with Crippen LogP contribution in [-0.2, 0) is 6.54 Å². The molecule has 0 bridgehead atoms. The van der Waals surface area contributed by atoms with Gasteiger partial charge in [0.15, 0.2) is 5.82 Å². The minimum atomic E-state index is 0.0452. The first-order valence-corrected chi connectivity index (χ1v) is 10.0. The Balaban J connectivity index is 1.29. The summed E-state index contributed by atoms with van der Waals surface area (Å²) in [4.78, 5) is 16.7. The number of anilines is 2. The Kier molecular flexibility index (Phi) is 6.08. The van der Waals surface area contributed by atoms with Gasteiger partial charge in [-0.2, -0.15) is 0 Å². The fourth-order valence-electron chi connectivity index (χ4n) is 3.43. The maximum atomic E-state index is 12.7. The van der Waals surface area contributed by atoms with Crippen molar-refractivity contribution in [2.75, 3.05) is 43.5 Å². The molecule has 1 saturated heterocycles. The lowest BCUT2D eigenvalue weighted by Gasteiger charge is -2.35. The van der Waals surface area contributed by atoms with Gasteiger partial charge in [-0.1, -0.05) is 30.3 Å². The van der Waals surface area contributed by atoms with Crippen molar-refractivity contribution in [3.8, 4) is 5.75 Å². The molecule has 0 atom stereocenters. The number of ether oxygens (including phenoxy) is 1. The van der Waals surface area contributed by atoms with Crippen LogP contribution >= 0.6 is 0 Å². The van der Waals surface area contributed by atoms with Crippen LogP contribution in [0.25, 0.3) is 0 Å². The maximum absolute atomic E-state index is 12.7. The molecule has 1 N–H and O–H groups in total. The Morgan fingerprint density at radius 2 is 1.67 bits per heavy atom. The number of methoxy groups -OCH3 is 1. The van der Waals surface area contributed by atoms with Crippen molar-refractivity contribution in [2.24, 2.45) is 0 Å². The van der Waals surface area contributed by atoms with E-state index in [9.17, 15) is 4.79 Å². The van der Waals surface area contributed by atoms with Crippen LogP contribution in [-0.4, -0.2) is 54.3 Å². The maximum Gasteiger partial charge on any atom is 0.253 e. The first-order chi connectivity index (χ1) is 14.7. The van der Waals surface area contributed by atoms with Crippen LogP contribution in [0.15, 0.2) is 66.7 Å². The van der Waals surface area contributed by atoms with Crippen molar-refractivity contribution < 1.29 is 9.53 Å². The molecular formula is C23H25N5O2. The molecule has 0 aliphatic carbocycles. The van der Waals surface area contributed by atoms with Crippen LogP contribution < -0.4 is 15.0 Å². The SMILES string of the molecule is COc1ccc(C(=O)N2CCN(c3ccc(NCc4ccccc4)nn3)CC2)cc1. The van der Waals surface area contributed by atoms with Gasteiger partial charge in [-0.15, -0.1) is 10.2 Å². The van der Waals surface area contributed by atoms with E-state index >= 15 is 0 Å². The molecule has 0 radical (unpaired) electrons. The van der Waals surface area contributed by atoms with Gasteiger partial charge in [-0.05, 0) is 42.0 Å². The Morgan fingerprint density at radius 1 is 0.933 bits per heavy atom. The normalized spacial score (nSPS) is 13.8. The topological polar surface area (TPSA) is 70.6 Å². The average molecular weight is 403 g/mol. The summed E-state index contributed by atoms with van der Waals surface area (Å²) < 4.78 is 5.15. The first-order valence-electron chi connectivity index (χ1n) is 10.0. The van der Waals surface area contributed by atoms with Crippen LogP contribution in [0.1, 0.15) is 15.9 Å². The third kappa shape index (κ3) is 4.68. The summed E-state index contributed by atoms with van der Waals surface area (Å²) >= 11 is 0. The van der Waals surface area contributed by atoms with E-state index in [4.69, 9.17) is 4.74 Å². The van der Waals surface area contributed by atoms with Crippen LogP contribution in [0.5, 0.6) is 5.75 Å². The third-order valence-corrected chi connectivity index (χ3v) is 5.19. The number of carbonyl (C=O) groups is 1. The molecule has 0 saturated carbocycles. The molecule has 1 aromatic heterocycles. The number of amides is 1. The lowest BCUT2D eigenvalue weighted by atomic mass is 10.1. The standard InChI is InChI=1S/C23H25N5O2/c1-30-20-9-7-19(8-10-20)23(29)28-15-13-27(14-16-28)22-12-11-21(25-26-22)24-17-18-5-3-2-4-6-18/h2-12H,13-17H2,1H3,(H,24,25). The van der Waals surface area contributed by atoms with Crippen molar-refractivity contribution in [3.05, 3.63) is 77.9 Å². The lowest BCUT2D eigenvalue weighted by molar-refractivity contribution is 0.0746. The van der Waals surface area contributed by atoms with E-state index in [-0.39, 0.29) is 5.91 Å². The van der Waals surface area contributed by atoms with Gasteiger partial charge >= 0.3 is 0 Å². The molecule has 1 aliphatic rings. The third-order valence-electron chi connectivity index (χ3n) is 5.19. The number of piperazine rings is 1. The Labute approximate surface area is 176 Å². The fourth-order valence-corrected chi connectivity index (χ4v) is 3.43. The van der Waals surface area contributed by atoms with Gasteiger partial charge in [0.25, 0.3) is 5.91 Å². The molecule has 1 amide bonds. The van der Waals surface area contributed by atoms with Crippen LogP contribution in [0.2, 0.25) is 0 Å². The first kappa shape index (κ1) is 19.7. The Morgan fingerprint density at radius 3 is 2.30 bits per heavy atom. The van der Waals surface area contributed by atoms with Crippen molar-refractivity contribution in [1.82, 2.24) is 15.1 Å². The summed E-state index contributed by atoms with van der Waals surface area (Å²) in [5, 5.41) is 11.9. The van der Waals surface area contributed by atoms with E-state index < -0.39 is 0 Å². The Hall–Kier alpha value is -3.61. The second-order valence-electron chi connectivity index (χ2n) is 7.12. The number of benzene rings is 2. The summed E-state index contributed by atoms with van der Waals surface area (Å²) in [6, 6.07) is 21.3. The fraction of sp³-hybridized carbons (Fsp3) is 0.261. The van der Waals surface area contributed by atoms with Crippen molar-refractivity contribution in [2.45, 2.75) is 6.54 Å². The number of nitrogens with one attached hydrogen (secondary N) is 1. The molecular weight excluding hydrogens is 378 g/mol. The molecule has 0 unspecified atom stereocenters. The summed E-state index contributed by atoms with van der Waals surface area (Å²) in [5.74, 6) is 2.37. The number of nitrogens with zero attached hydrogens (tertiary/aromatic N) is 4. The highest BCUT2D eigenvalue weighted by molar-refractivity contribution is 5.94. The largest absolute Gasteiger partial charge is 0.497 e. The molecule has 7 nitrogen and oxygen atoms in total. The van der Waals surface area contributed by atoms with Crippen LogP contribution in [0.3, 0.4) is 0 Å². The molecule has 4 rings (SSSR count). The van der Waals surface area contributed by atoms with E-state index in [1.54, 1.807) is 19.2 Å². The summed E-state index contributed by atoms with van der Waals surface area (Å²) in [6.45, 7) is 3.48. The lowest BCUT2D eigenvalue weighted by Crippen LogP contribution is -2.49. The van der Waals surface area contributed by atoms with Crippen LogP contribution in [0.4, 0.5) is 11.6 Å². The number of hydrogen-bond acceptors (Lipinski definition) is 6. The van der Waals surface area contributed by atoms with Gasteiger partial charge in [-0.3, -0.25) is 4.79 Å². The number of aromatic nitrogens is 2. The average Bonchev–Trinajstić information content (AvgIpc) is 2.83. The highest BCUT2D eigenvalue weighted by Crippen LogP contribution is 2.17. The second-order valence-corrected chi connectivity index (χ2v) is 7.12. The monoisotopic (exact) mass is 403 g/mol. The summed E-state index contributed by atoms with van der Waals surface area (Å²) in [6.07, 6.45) is 0. The van der Waals surface area contributed by atoms with Crippen molar-refractivity contribution in [3.63, 3.8) is 0 Å². The van der Waals surface area contributed by atoms with E-state index in [0.717, 1.165) is 30.5 Å². The Bertz CT molecular complexity index is 953. The smallest absolute Gasteiger partial charge is 0.253 e. The molecule has 3 aromatic rings. The molecule has 1 aliphatic heterocycles. The molecule has 1 fully saturated rings. The quantitative estimate of drug-likeness (QED) is 0.682. The molecule has 7 heteroatoms. The van der Waals surface area contributed by atoms with Crippen molar-refractivity contribution >= 4 is 17.5 Å². The van der Waals surface area contributed by atoms with E-state index in [2.05, 4.69) is 32.5 Å². The predicted octanol–water partition coefficient (Wildman–Crippen LogP) is 3.06. The molecule has 2 aromatic carbocycles. The highest BCUT2D eigenvalue weighted by Gasteiger charge is 2.23. The molecule has 30 heavy (non-hydrogen) atoms. The zero-order valence-corrected chi connectivity index (χ0v) is 17.0. The van der Waals surface area contributed by atoms with Gasteiger partial charge in [0.05, 0.1) is 7.11 Å². The number of carbonyl (C=O) groups excluding carboxylic acids is 1. The zero-order valence-electron chi connectivity index (χ0n) is 17.0. The van der Waals surface area contributed by atoms with Gasteiger partial charge < -0.3 is 19.9 Å². The van der Waals surface area contributed by atoms with Crippen molar-refractivity contribution in [1.29, 1.82) is 0 Å². The van der Waals surface area contributed by atoms with Crippen LogP contribution in [0, 0.1) is 0 Å². The van der Waals surface area contributed by atoms with Gasteiger partial charge in [0.1, 0.15) is 11.6 Å². The van der Waals surface area contributed by atoms with Gasteiger partial charge in [0, 0.05) is 38.3 Å². The number of hydrogen-bond donors (Lipinski definition) is 1. The predicted molar refractivity (Wildman–Crippen MR) is 117 cm³/mol. The van der Waals surface area contributed by atoms with E-state index in [1.165, 1.54) is 5.56 Å². The molecule has 2 heterocycles. The van der Waals surface area contributed by atoms with E-state index in [1.807, 2.05) is 47.4 Å². The zero-order chi connectivity index (χ0) is 20.8. The highest BCUT2D eigenvalue weighted by atomic mass is 16.5. The van der Waals surface area contributed by atoms with E-state index in [0.29, 0.717) is 25.2 Å². The summed E-state index contributed by atoms with van der Waals surface area (Å²) in [5.41, 5.74) is 1.87. The minimum absolute atomic E-state index is 0.0452. The second kappa shape index (κ2) is 9.26. The molecule has 0 spiro atoms. The molecule has 154 valence electrons. The van der Waals surface area contributed by atoms with Gasteiger partial charge in [-0.25, -0.2) is 0 Å². The minimum Gasteiger partial charge on any atom is -0.497 e.